The Hall–Kier alpha value is -1.31. The molecule has 0 aromatic heterocycles. The van der Waals surface area contributed by atoms with Gasteiger partial charge in [-0.25, -0.2) is 8.42 Å². The summed E-state index contributed by atoms with van der Waals surface area (Å²) in [6.07, 6.45) is 2.12. The van der Waals surface area contributed by atoms with E-state index in [9.17, 15) is 13.2 Å². The van der Waals surface area contributed by atoms with Gasteiger partial charge in [-0.1, -0.05) is 18.5 Å². The van der Waals surface area contributed by atoms with E-state index >= 15 is 0 Å². The first-order valence-electron chi connectivity index (χ1n) is 7.91. The highest BCUT2D eigenvalue weighted by atomic mass is 35.5. The summed E-state index contributed by atoms with van der Waals surface area (Å²) in [5, 5.41) is 3.28. The molecule has 136 valence electrons. The minimum atomic E-state index is -3.62. The highest BCUT2D eigenvalue weighted by Crippen LogP contribution is 2.24. The molecule has 1 aromatic rings. The Balaban J connectivity index is 2.90. The van der Waals surface area contributed by atoms with Gasteiger partial charge in [0.25, 0.3) is 0 Å². The number of carbonyl (C=O) groups is 1. The minimum absolute atomic E-state index is 0.325. The SMILES string of the molecule is CCOCCCNC(=O)[C@H](CC)N(c1ccc(Cl)cc1)S(C)(=O)=O. The van der Waals surface area contributed by atoms with Gasteiger partial charge in [0.15, 0.2) is 0 Å². The van der Waals surface area contributed by atoms with Crippen LogP contribution in [0.25, 0.3) is 0 Å². The first-order valence-corrected chi connectivity index (χ1v) is 10.1. The Morgan fingerprint density at radius 1 is 1.29 bits per heavy atom. The molecule has 8 heteroatoms. The van der Waals surface area contributed by atoms with Crippen molar-refractivity contribution in [3.8, 4) is 0 Å². The lowest BCUT2D eigenvalue weighted by Crippen LogP contribution is -2.49. The molecule has 0 unspecified atom stereocenters. The molecule has 6 nitrogen and oxygen atoms in total. The zero-order chi connectivity index (χ0) is 18.2. The van der Waals surface area contributed by atoms with Gasteiger partial charge in [0.2, 0.25) is 15.9 Å². The number of hydrogen-bond acceptors (Lipinski definition) is 4. The van der Waals surface area contributed by atoms with Crippen molar-refractivity contribution in [2.24, 2.45) is 0 Å². The predicted molar refractivity (Wildman–Crippen MR) is 97.0 cm³/mol. The van der Waals surface area contributed by atoms with E-state index in [1.54, 1.807) is 31.2 Å². The number of hydrogen-bond donors (Lipinski definition) is 1. The molecular formula is C16H25ClN2O4S. The molecule has 0 spiro atoms. The number of benzene rings is 1. The van der Waals surface area contributed by atoms with E-state index in [-0.39, 0.29) is 5.91 Å². The average Bonchev–Trinajstić information content (AvgIpc) is 2.52. The predicted octanol–water partition coefficient (Wildman–Crippen LogP) is 2.43. The van der Waals surface area contributed by atoms with E-state index in [2.05, 4.69) is 5.32 Å². The molecule has 1 aromatic carbocycles. The molecule has 1 rings (SSSR count). The summed E-state index contributed by atoms with van der Waals surface area (Å²) < 4.78 is 30.8. The highest BCUT2D eigenvalue weighted by Gasteiger charge is 2.31. The molecule has 24 heavy (non-hydrogen) atoms. The van der Waals surface area contributed by atoms with Crippen LogP contribution in [-0.2, 0) is 19.6 Å². The number of nitrogens with one attached hydrogen (secondary N) is 1. The van der Waals surface area contributed by atoms with E-state index in [0.717, 1.165) is 10.6 Å². The number of carbonyl (C=O) groups excluding carboxylic acids is 1. The molecule has 0 aliphatic rings. The third-order valence-electron chi connectivity index (χ3n) is 3.38. The van der Waals surface area contributed by atoms with E-state index in [1.807, 2.05) is 6.92 Å². The largest absolute Gasteiger partial charge is 0.382 e. The smallest absolute Gasteiger partial charge is 0.243 e. The van der Waals surface area contributed by atoms with Gasteiger partial charge in [0, 0.05) is 24.8 Å². The second-order valence-electron chi connectivity index (χ2n) is 5.30. The lowest BCUT2D eigenvalue weighted by molar-refractivity contribution is -0.122. The van der Waals surface area contributed by atoms with E-state index in [4.69, 9.17) is 16.3 Å². The molecule has 1 N–H and O–H groups in total. The third kappa shape index (κ3) is 6.30. The Kier molecular flexibility index (Phi) is 8.52. The highest BCUT2D eigenvalue weighted by molar-refractivity contribution is 7.92. The molecule has 0 aliphatic heterocycles. The maximum Gasteiger partial charge on any atom is 0.243 e. The van der Waals surface area contributed by atoms with Crippen LogP contribution < -0.4 is 9.62 Å². The fourth-order valence-corrected chi connectivity index (χ4v) is 3.63. The number of amides is 1. The van der Waals surface area contributed by atoms with Gasteiger partial charge in [-0.15, -0.1) is 0 Å². The maximum atomic E-state index is 12.5. The Morgan fingerprint density at radius 2 is 1.92 bits per heavy atom. The minimum Gasteiger partial charge on any atom is -0.382 e. The zero-order valence-corrected chi connectivity index (χ0v) is 15.9. The van der Waals surface area contributed by atoms with Crippen molar-refractivity contribution in [3.05, 3.63) is 29.3 Å². The number of anilines is 1. The third-order valence-corrected chi connectivity index (χ3v) is 4.81. The molecular weight excluding hydrogens is 352 g/mol. The van der Waals surface area contributed by atoms with Crippen molar-refractivity contribution >= 4 is 33.2 Å². The Bertz CT molecular complexity index is 619. The summed E-state index contributed by atoms with van der Waals surface area (Å²) in [5.41, 5.74) is 0.415. The quantitative estimate of drug-likeness (QED) is 0.636. The van der Waals surface area contributed by atoms with E-state index < -0.39 is 16.1 Å². The summed E-state index contributed by atoms with van der Waals surface area (Å²) >= 11 is 5.86. The lowest BCUT2D eigenvalue weighted by atomic mass is 10.2. The Labute approximate surface area is 149 Å². The van der Waals surface area contributed by atoms with Gasteiger partial charge < -0.3 is 10.1 Å². The van der Waals surface area contributed by atoms with Crippen LogP contribution in [0.1, 0.15) is 26.7 Å². The van der Waals surface area contributed by atoms with E-state index in [1.165, 1.54) is 0 Å². The first-order chi connectivity index (χ1) is 11.3. The lowest BCUT2D eigenvalue weighted by Gasteiger charge is -2.30. The molecule has 0 fully saturated rings. The monoisotopic (exact) mass is 376 g/mol. The molecule has 0 heterocycles. The van der Waals surface area contributed by atoms with Crippen LogP contribution in [0, 0.1) is 0 Å². The van der Waals surface area contributed by atoms with E-state index in [0.29, 0.717) is 43.3 Å². The van der Waals surface area contributed by atoms with Crippen LogP contribution in [0.15, 0.2) is 24.3 Å². The van der Waals surface area contributed by atoms with Crippen molar-refractivity contribution < 1.29 is 17.9 Å². The standard InChI is InChI=1S/C16H25ClN2O4S/c1-4-15(16(20)18-11-6-12-23-5-2)19(24(3,21)22)14-9-7-13(17)8-10-14/h7-10,15H,4-6,11-12H2,1-3H3,(H,18,20)/t15-/m0/s1. The first kappa shape index (κ1) is 20.7. The number of ether oxygens (including phenoxy) is 1. The Morgan fingerprint density at radius 3 is 2.42 bits per heavy atom. The molecule has 0 bridgehead atoms. The second-order valence-corrected chi connectivity index (χ2v) is 7.60. The molecule has 0 saturated heterocycles. The van der Waals surface area contributed by atoms with Crippen LogP contribution in [0.2, 0.25) is 5.02 Å². The molecule has 1 atom stereocenters. The summed E-state index contributed by atoms with van der Waals surface area (Å²) in [4.78, 5) is 12.5. The van der Waals surface area contributed by atoms with Crippen LogP contribution in [0.4, 0.5) is 5.69 Å². The zero-order valence-electron chi connectivity index (χ0n) is 14.3. The number of nitrogens with zero attached hydrogens (tertiary/aromatic N) is 1. The fraction of sp³-hybridized carbons (Fsp3) is 0.562. The van der Waals surface area contributed by atoms with Gasteiger partial charge in [-0.05, 0) is 44.0 Å². The van der Waals surface area contributed by atoms with Crippen molar-refractivity contribution in [1.82, 2.24) is 5.32 Å². The normalized spacial score (nSPS) is 12.7. The van der Waals surface area contributed by atoms with Gasteiger partial charge in [0.05, 0.1) is 11.9 Å². The van der Waals surface area contributed by atoms with Gasteiger partial charge in [-0.2, -0.15) is 0 Å². The average molecular weight is 377 g/mol. The topological polar surface area (TPSA) is 75.7 Å². The molecule has 0 aliphatic carbocycles. The van der Waals surface area contributed by atoms with Crippen molar-refractivity contribution in [2.75, 3.05) is 30.3 Å². The fourth-order valence-electron chi connectivity index (χ4n) is 2.30. The summed E-state index contributed by atoms with van der Waals surface area (Å²) in [6.45, 7) is 5.30. The van der Waals surface area contributed by atoms with Crippen LogP contribution in [0.3, 0.4) is 0 Å². The molecule has 0 radical (unpaired) electrons. The van der Waals surface area contributed by atoms with Gasteiger partial charge >= 0.3 is 0 Å². The molecule has 1 amide bonds. The molecule has 0 saturated carbocycles. The second kappa shape index (κ2) is 9.86. The van der Waals surface area contributed by atoms with Gasteiger partial charge in [0.1, 0.15) is 6.04 Å². The van der Waals surface area contributed by atoms with Crippen LogP contribution in [0.5, 0.6) is 0 Å². The number of rotatable bonds is 10. The summed E-state index contributed by atoms with van der Waals surface area (Å²) in [6, 6.07) is 5.57. The van der Waals surface area contributed by atoms with Crippen molar-refractivity contribution in [3.63, 3.8) is 0 Å². The number of sulfonamides is 1. The van der Waals surface area contributed by atoms with Crippen molar-refractivity contribution in [1.29, 1.82) is 0 Å². The van der Waals surface area contributed by atoms with Crippen LogP contribution in [-0.4, -0.2) is 46.4 Å². The van der Waals surface area contributed by atoms with Gasteiger partial charge in [-0.3, -0.25) is 9.10 Å². The number of halogens is 1. The summed E-state index contributed by atoms with van der Waals surface area (Å²) in [5.74, 6) is -0.325. The maximum absolute atomic E-state index is 12.5. The van der Waals surface area contributed by atoms with Crippen LogP contribution >= 0.6 is 11.6 Å². The summed E-state index contributed by atoms with van der Waals surface area (Å²) in [7, 11) is -3.62. The van der Waals surface area contributed by atoms with Crippen molar-refractivity contribution in [2.45, 2.75) is 32.7 Å².